The van der Waals surface area contributed by atoms with Gasteiger partial charge < -0.3 is 4.90 Å². The van der Waals surface area contributed by atoms with Crippen molar-refractivity contribution in [2.75, 3.05) is 7.05 Å². The Balaban J connectivity index is 2.04. The second-order valence-corrected chi connectivity index (χ2v) is 4.89. The van der Waals surface area contributed by atoms with Gasteiger partial charge in [-0.25, -0.2) is 0 Å². The summed E-state index contributed by atoms with van der Waals surface area (Å²) in [6.07, 6.45) is 3.86. The van der Waals surface area contributed by atoms with E-state index in [4.69, 9.17) is 0 Å². The molecule has 0 saturated heterocycles. The highest BCUT2D eigenvalue weighted by Gasteiger charge is 2.32. The van der Waals surface area contributed by atoms with Gasteiger partial charge >= 0.3 is 0 Å². The number of aromatic nitrogens is 2. The first-order chi connectivity index (χ1) is 7.09. The van der Waals surface area contributed by atoms with Crippen LogP contribution < -0.4 is 0 Å². The molecule has 1 fully saturated rings. The topological polar surface area (TPSA) is 38.1 Å². The Hall–Kier alpha value is -0.840. The number of halogens is 1. The highest BCUT2D eigenvalue weighted by Crippen LogP contribution is 2.31. The van der Waals surface area contributed by atoms with Gasteiger partial charge in [0.1, 0.15) is 0 Å². The van der Waals surface area contributed by atoms with Crippen molar-refractivity contribution in [3.05, 3.63) is 16.4 Å². The van der Waals surface area contributed by atoms with Crippen LogP contribution in [0.1, 0.15) is 18.5 Å². The summed E-state index contributed by atoms with van der Waals surface area (Å²) in [5.41, 5.74) is 1.03. The molecule has 0 radical (unpaired) electrons. The Bertz CT molecular complexity index is 365. The summed E-state index contributed by atoms with van der Waals surface area (Å²) in [6.45, 7) is 0.617. The van der Waals surface area contributed by atoms with E-state index >= 15 is 0 Å². The standard InChI is InChI=1S/C10H14BrN3O/c1-13(10(15)7-3-4-7)6-9-8(11)5-12-14(9)2/h5,7H,3-4,6H2,1-2H3. The molecule has 1 saturated carbocycles. The highest BCUT2D eigenvalue weighted by molar-refractivity contribution is 9.10. The van der Waals surface area contributed by atoms with E-state index in [1.165, 1.54) is 0 Å². The van der Waals surface area contributed by atoms with Crippen molar-refractivity contribution in [1.29, 1.82) is 0 Å². The lowest BCUT2D eigenvalue weighted by Crippen LogP contribution is -2.28. The second kappa shape index (κ2) is 3.96. The van der Waals surface area contributed by atoms with Gasteiger partial charge in [0.05, 0.1) is 22.9 Å². The number of aryl methyl sites for hydroxylation is 1. The molecule has 0 atom stereocenters. The fourth-order valence-corrected chi connectivity index (χ4v) is 2.03. The molecule has 0 aromatic carbocycles. The normalized spacial score (nSPS) is 15.4. The number of carbonyl (C=O) groups is 1. The maximum Gasteiger partial charge on any atom is 0.225 e. The zero-order valence-electron chi connectivity index (χ0n) is 8.90. The number of nitrogens with zero attached hydrogens (tertiary/aromatic N) is 3. The van der Waals surface area contributed by atoms with Crippen LogP contribution in [-0.4, -0.2) is 27.6 Å². The Labute approximate surface area is 97.4 Å². The average molecular weight is 272 g/mol. The lowest BCUT2D eigenvalue weighted by atomic mass is 10.3. The maximum absolute atomic E-state index is 11.7. The van der Waals surface area contributed by atoms with Crippen LogP contribution in [0.5, 0.6) is 0 Å². The summed E-state index contributed by atoms with van der Waals surface area (Å²) in [7, 11) is 3.73. The van der Waals surface area contributed by atoms with Crippen molar-refractivity contribution in [3.8, 4) is 0 Å². The predicted octanol–water partition coefficient (Wildman–Crippen LogP) is 1.55. The molecule has 4 nitrogen and oxygen atoms in total. The fourth-order valence-electron chi connectivity index (χ4n) is 1.56. The monoisotopic (exact) mass is 271 g/mol. The van der Waals surface area contributed by atoms with E-state index < -0.39 is 0 Å². The van der Waals surface area contributed by atoms with Gasteiger partial charge in [-0.15, -0.1) is 0 Å². The van der Waals surface area contributed by atoms with Gasteiger partial charge in [0.25, 0.3) is 0 Å². The van der Waals surface area contributed by atoms with E-state index in [2.05, 4.69) is 21.0 Å². The van der Waals surface area contributed by atoms with Gasteiger partial charge in [0.2, 0.25) is 5.91 Å². The number of hydrogen-bond acceptors (Lipinski definition) is 2. The van der Waals surface area contributed by atoms with Crippen molar-refractivity contribution in [2.45, 2.75) is 19.4 Å². The number of amides is 1. The largest absolute Gasteiger partial charge is 0.340 e. The molecule has 0 unspecified atom stereocenters. The summed E-state index contributed by atoms with van der Waals surface area (Å²) >= 11 is 3.43. The number of carbonyl (C=O) groups excluding carboxylic acids is 1. The minimum atomic E-state index is 0.253. The van der Waals surface area contributed by atoms with Crippen LogP contribution in [0, 0.1) is 5.92 Å². The number of hydrogen-bond donors (Lipinski definition) is 0. The van der Waals surface area contributed by atoms with Crippen LogP contribution in [-0.2, 0) is 18.4 Å². The van der Waals surface area contributed by atoms with Gasteiger partial charge in [0.15, 0.2) is 0 Å². The lowest BCUT2D eigenvalue weighted by molar-refractivity contribution is -0.131. The molecule has 1 aromatic rings. The molecule has 0 aliphatic heterocycles. The summed E-state index contributed by atoms with van der Waals surface area (Å²) in [5, 5.41) is 4.12. The minimum Gasteiger partial charge on any atom is -0.340 e. The molecule has 0 bridgehead atoms. The third kappa shape index (κ3) is 2.22. The predicted molar refractivity (Wildman–Crippen MR) is 60.1 cm³/mol. The molecule has 0 spiro atoms. The summed E-state index contributed by atoms with van der Waals surface area (Å²) in [6, 6.07) is 0. The average Bonchev–Trinajstić information content (AvgIpc) is 3.00. The highest BCUT2D eigenvalue weighted by atomic mass is 79.9. The minimum absolute atomic E-state index is 0.253. The third-order valence-corrected chi connectivity index (χ3v) is 3.36. The SMILES string of the molecule is CN(Cc1c(Br)cnn1C)C(=O)C1CC1. The molecule has 82 valence electrons. The van der Waals surface area contributed by atoms with Crippen LogP contribution >= 0.6 is 15.9 Å². The van der Waals surface area contributed by atoms with Crippen LogP contribution in [0.4, 0.5) is 0 Å². The zero-order chi connectivity index (χ0) is 11.0. The van der Waals surface area contributed by atoms with Crippen LogP contribution in [0.2, 0.25) is 0 Å². The molecule has 15 heavy (non-hydrogen) atoms. The first-order valence-corrected chi connectivity index (χ1v) is 5.80. The van der Waals surface area contributed by atoms with Gasteiger partial charge in [-0.1, -0.05) is 0 Å². The van der Waals surface area contributed by atoms with Crippen LogP contribution in [0.15, 0.2) is 10.7 Å². The Kier molecular flexibility index (Phi) is 2.82. The molecule has 1 amide bonds. The Morgan fingerprint density at radius 2 is 2.40 bits per heavy atom. The lowest BCUT2D eigenvalue weighted by Gasteiger charge is -2.17. The van der Waals surface area contributed by atoms with Crippen LogP contribution in [0.3, 0.4) is 0 Å². The summed E-state index contributed by atoms with van der Waals surface area (Å²) in [5.74, 6) is 0.533. The van der Waals surface area contributed by atoms with E-state index in [9.17, 15) is 4.79 Å². The molecule has 5 heteroatoms. The molecule has 1 heterocycles. The van der Waals surface area contributed by atoms with Crippen molar-refractivity contribution >= 4 is 21.8 Å². The molecular formula is C10H14BrN3O. The van der Waals surface area contributed by atoms with Gasteiger partial charge in [-0.2, -0.15) is 5.10 Å². The fraction of sp³-hybridized carbons (Fsp3) is 0.600. The van der Waals surface area contributed by atoms with Gasteiger partial charge in [0, 0.05) is 20.0 Å². The van der Waals surface area contributed by atoms with Crippen molar-refractivity contribution in [2.24, 2.45) is 13.0 Å². The van der Waals surface area contributed by atoms with E-state index in [1.807, 2.05) is 14.1 Å². The summed E-state index contributed by atoms with van der Waals surface area (Å²) < 4.78 is 2.75. The van der Waals surface area contributed by atoms with Crippen molar-refractivity contribution < 1.29 is 4.79 Å². The number of rotatable bonds is 3. The van der Waals surface area contributed by atoms with E-state index in [-0.39, 0.29) is 11.8 Å². The van der Waals surface area contributed by atoms with Crippen molar-refractivity contribution in [3.63, 3.8) is 0 Å². The molecule has 1 aliphatic rings. The first-order valence-electron chi connectivity index (χ1n) is 5.01. The van der Waals surface area contributed by atoms with Gasteiger partial charge in [-0.05, 0) is 28.8 Å². The third-order valence-electron chi connectivity index (χ3n) is 2.70. The van der Waals surface area contributed by atoms with E-state index in [0.717, 1.165) is 23.0 Å². The van der Waals surface area contributed by atoms with Crippen LogP contribution in [0.25, 0.3) is 0 Å². The summed E-state index contributed by atoms with van der Waals surface area (Å²) in [4.78, 5) is 13.5. The van der Waals surface area contributed by atoms with E-state index in [1.54, 1.807) is 15.8 Å². The van der Waals surface area contributed by atoms with Crippen molar-refractivity contribution in [1.82, 2.24) is 14.7 Å². The smallest absolute Gasteiger partial charge is 0.225 e. The first kappa shape index (κ1) is 10.7. The molecule has 0 N–H and O–H groups in total. The second-order valence-electron chi connectivity index (χ2n) is 4.03. The Morgan fingerprint density at radius 3 is 2.87 bits per heavy atom. The van der Waals surface area contributed by atoms with Gasteiger partial charge in [-0.3, -0.25) is 9.48 Å². The zero-order valence-corrected chi connectivity index (χ0v) is 10.5. The quantitative estimate of drug-likeness (QED) is 0.837. The molecule has 2 rings (SSSR count). The molecular weight excluding hydrogens is 258 g/mol. The maximum atomic E-state index is 11.7. The molecule has 1 aliphatic carbocycles. The van der Waals surface area contributed by atoms with E-state index in [0.29, 0.717) is 6.54 Å². The molecule has 1 aromatic heterocycles. The Morgan fingerprint density at radius 1 is 1.73 bits per heavy atom.